The van der Waals surface area contributed by atoms with Gasteiger partial charge in [-0.1, -0.05) is 18.2 Å². The summed E-state index contributed by atoms with van der Waals surface area (Å²) in [5.74, 6) is -1.56. The molecule has 2 rings (SSSR count). The molecule has 122 valence electrons. The molecule has 0 saturated heterocycles. The van der Waals surface area contributed by atoms with Crippen molar-refractivity contribution in [2.45, 2.75) is 26.3 Å². The summed E-state index contributed by atoms with van der Waals surface area (Å²) < 4.78 is 0. The summed E-state index contributed by atoms with van der Waals surface area (Å²) in [5, 5.41) is 20.7. The van der Waals surface area contributed by atoms with Crippen molar-refractivity contribution in [3.63, 3.8) is 0 Å². The molecule has 5 heteroatoms. The van der Waals surface area contributed by atoms with Gasteiger partial charge in [0, 0.05) is 12.0 Å². The van der Waals surface area contributed by atoms with Crippen molar-refractivity contribution in [2.75, 3.05) is 0 Å². The molecule has 1 atom stereocenters. The lowest BCUT2D eigenvalue weighted by Crippen LogP contribution is -2.42. The zero-order chi connectivity index (χ0) is 17.7. The fraction of sp³-hybridized carbons (Fsp3) is 0.211. The molecule has 2 aromatic carbocycles. The first-order chi connectivity index (χ1) is 11.4. The summed E-state index contributed by atoms with van der Waals surface area (Å²) in [6.07, 6.45) is 0.207. The predicted molar refractivity (Wildman–Crippen MR) is 89.7 cm³/mol. The maximum Gasteiger partial charge on any atom is 0.326 e. The van der Waals surface area contributed by atoms with Crippen LogP contribution in [0.15, 0.2) is 42.5 Å². The van der Waals surface area contributed by atoms with Crippen LogP contribution in [-0.2, 0) is 11.2 Å². The van der Waals surface area contributed by atoms with E-state index in [4.69, 9.17) is 5.26 Å². The van der Waals surface area contributed by atoms with E-state index in [9.17, 15) is 14.7 Å². The van der Waals surface area contributed by atoms with Crippen molar-refractivity contribution >= 4 is 11.9 Å². The highest BCUT2D eigenvalue weighted by Crippen LogP contribution is 2.12. The molecule has 0 bridgehead atoms. The molecule has 1 amide bonds. The third kappa shape index (κ3) is 4.20. The molecule has 0 unspecified atom stereocenters. The maximum absolute atomic E-state index is 12.2. The van der Waals surface area contributed by atoms with Crippen molar-refractivity contribution in [3.05, 3.63) is 70.3 Å². The van der Waals surface area contributed by atoms with Gasteiger partial charge in [0.05, 0.1) is 11.6 Å². The monoisotopic (exact) mass is 322 g/mol. The number of hydrogen-bond donors (Lipinski definition) is 2. The second kappa shape index (κ2) is 7.42. The largest absolute Gasteiger partial charge is 0.480 e. The van der Waals surface area contributed by atoms with Crippen molar-refractivity contribution < 1.29 is 14.7 Å². The van der Waals surface area contributed by atoms with Gasteiger partial charge in [0.1, 0.15) is 6.04 Å². The summed E-state index contributed by atoms with van der Waals surface area (Å²) in [6, 6.07) is 12.7. The number of carbonyl (C=O) groups excluding carboxylic acids is 1. The number of carboxylic acids is 1. The van der Waals surface area contributed by atoms with Crippen molar-refractivity contribution in [3.8, 4) is 6.07 Å². The van der Waals surface area contributed by atoms with E-state index in [1.807, 2.05) is 38.1 Å². The summed E-state index contributed by atoms with van der Waals surface area (Å²) in [7, 11) is 0. The molecule has 0 saturated carbocycles. The van der Waals surface area contributed by atoms with E-state index in [2.05, 4.69) is 5.32 Å². The molecule has 0 radical (unpaired) electrons. The van der Waals surface area contributed by atoms with Gasteiger partial charge in [-0.15, -0.1) is 0 Å². The summed E-state index contributed by atoms with van der Waals surface area (Å²) in [4.78, 5) is 23.7. The second-order valence-corrected chi connectivity index (χ2v) is 5.68. The zero-order valence-electron chi connectivity index (χ0n) is 13.5. The van der Waals surface area contributed by atoms with Crippen molar-refractivity contribution in [2.24, 2.45) is 0 Å². The molecule has 5 nitrogen and oxygen atoms in total. The number of carboxylic acid groups (broad SMARTS) is 1. The van der Waals surface area contributed by atoms with Gasteiger partial charge in [-0.25, -0.2) is 4.79 Å². The Bertz CT molecular complexity index is 804. The molecular weight excluding hydrogens is 304 g/mol. The highest BCUT2D eigenvalue weighted by Gasteiger charge is 2.21. The fourth-order valence-corrected chi connectivity index (χ4v) is 2.30. The molecule has 2 aromatic rings. The van der Waals surface area contributed by atoms with Crippen LogP contribution < -0.4 is 5.32 Å². The molecule has 0 heterocycles. The van der Waals surface area contributed by atoms with E-state index in [1.54, 1.807) is 0 Å². The Morgan fingerprint density at radius 3 is 2.33 bits per heavy atom. The van der Waals surface area contributed by atoms with Gasteiger partial charge in [-0.2, -0.15) is 5.26 Å². The maximum atomic E-state index is 12.2. The number of benzene rings is 2. The first-order valence-electron chi connectivity index (χ1n) is 7.50. The third-order valence-corrected chi connectivity index (χ3v) is 3.89. The number of hydrogen-bond acceptors (Lipinski definition) is 3. The molecule has 24 heavy (non-hydrogen) atoms. The lowest BCUT2D eigenvalue weighted by atomic mass is 10.0. The minimum Gasteiger partial charge on any atom is -0.480 e. The quantitative estimate of drug-likeness (QED) is 0.885. The van der Waals surface area contributed by atoms with Gasteiger partial charge in [0.15, 0.2) is 0 Å². The van der Waals surface area contributed by atoms with Gasteiger partial charge in [-0.05, 0) is 54.8 Å². The Balaban J connectivity index is 2.12. The van der Waals surface area contributed by atoms with E-state index >= 15 is 0 Å². The van der Waals surface area contributed by atoms with Gasteiger partial charge in [-0.3, -0.25) is 4.79 Å². The van der Waals surface area contributed by atoms with Gasteiger partial charge in [0.25, 0.3) is 5.91 Å². The smallest absolute Gasteiger partial charge is 0.326 e. The van der Waals surface area contributed by atoms with E-state index in [0.717, 1.165) is 16.7 Å². The Labute approximate surface area is 140 Å². The highest BCUT2D eigenvalue weighted by atomic mass is 16.4. The molecule has 0 spiro atoms. The number of amides is 1. The van der Waals surface area contributed by atoms with Crippen LogP contribution in [-0.4, -0.2) is 23.0 Å². The zero-order valence-corrected chi connectivity index (χ0v) is 13.5. The molecule has 0 aliphatic heterocycles. The molecular formula is C19H18N2O3. The number of nitrogens with zero attached hydrogens (tertiary/aromatic N) is 1. The number of nitriles is 1. The normalized spacial score (nSPS) is 11.4. The summed E-state index contributed by atoms with van der Waals surface area (Å²) in [6.45, 7) is 3.95. The average Bonchev–Trinajstić information content (AvgIpc) is 2.57. The number of rotatable bonds is 5. The molecule has 0 aliphatic carbocycles. The summed E-state index contributed by atoms with van der Waals surface area (Å²) in [5.41, 5.74) is 3.82. The lowest BCUT2D eigenvalue weighted by molar-refractivity contribution is -0.139. The van der Waals surface area contributed by atoms with E-state index in [1.165, 1.54) is 24.3 Å². The average molecular weight is 322 g/mol. The first kappa shape index (κ1) is 17.2. The Morgan fingerprint density at radius 2 is 1.79 bits per heavy atom. The van der Waals surface area contributed by atoms with Gasteiger partial charge >= 0.3 is 5.97 Å². The molecule has 2 N–H and O–H groups in total. The standard InChI is InChI=1S/C19H18N2O3/c1-12-3-4-15(9-13(12)2)10-17(19(23)24)21-18(22)16-7-5-14(11-20)6-8-16/h3-9,17H,10H2,1-2H3,(H,21,22)(H,23,24)/t17-/m0/s1. The molecule has 0 fully saturated rings. The number of aliphatic carboxylic acids is 1. The van der Waals surface area contributed by atoms with Crippen LogP contribution in [0.1, 0.15) is 32.6 Å². The predicted octanol–water partition coefficient (Wildman–Crippen LogP) is 2.60. The van der Waals surface area contributed by atoms with Gasteiger partial charge < -0.3 is 10.4 Å². The first-order valence-corrected chi connectivity index (χ1v) is 7.50. The van der Waals surface area contributed by atoms with Crippen LogP contribution in [0.25, 0.3) is 0 Å². The van der Waals surface area contributed by atoms with Crippen LogP contribution in [0, 0.1) is 25.2 Å². The van der Waals surface area contributed by atoms with Crippen LogP contribution in [0.3, 0.4) is 0 Å². The van der Waals surface area contributed by atoms with Crippen LogP contribution in [0.5, 0.6) is 0 Å². The van der Waals surface area contributed by atoms with Crippen molar-refractivity contribution in [1.29, 1.82) is 5.26 Å². The minimum absolute atomic E-state index is 0.207. The van der Waals surface area contributed by atoms with Crippen LogP contribution in [0.2, 0.25) is 0 Å². The third-order valence-electron chi connectivity index (χ3n) is 3.89. The van der Waals surface area contributed by atoms with E-state index in [0.29, 0.717) is 11.1 Å². The number of carbonyl (C=O) groups is 2. The lowest BCUT2D eigenvalue weighted by Gasteiger charge is -2.15. The summed E-state index contributed by atoms with van der Waals surface area (Å²) >= 11 is 0. The van der Waals surface area contributed by atoms with E-state index in [-0.39, 0.29) is 6.42 Å². The number of aryl methyl sites for hydroxylation is 2. The molecule has 0 aliphatic rings. The highest BCUT2D eigenvalue weighted by molar-refractivity contribution is 5.96. The van der Waals surface area contributed by atoms with Crippen LogP contribution in [0.4, 0.5) is 0 Å². The Hall–Kier alpha value is -3.13. The number of nitrogens with one attached hydrogen (secondary N) is 1. The van der Waals surface area contributed by atoms with Crippen LogP contribution >= 0.6 is 0 Å². The second-order valence-electron chi connectivity index (χ2n) is 5.68. The van der Waals surface area contributed by atoms with Crippen molar-refractivity contribution in [1.82, 2.24) is 5.32 Å². The van der Waals surface area contributed by atoms with Gasteiger partial charge in [0.2, 0.25) is 0 Å². The Kier molecular flexibility index (Phi) is 5.33. The SMILES string of the molecule is Cc1ccc(C[C@H](NC(=O)c2ccc(C#N)cc2)C(=O)O)cc1C. The van der Waals surface area contributed by atoms with E-state index < -0.39 is 17.9 Å². The molecule has 0 aromatic heterocycles. The Morgan fingerprint density at radius 1 is 1.12 bits per heavy atom. The fourth-order valence-electron chi connectivity index (χ4n) is 2.30. The topological polar surface area (TPSA) is 90.2 Å². The minimum atomic E-state index is -1.09.